The summed E-state index contributed by atoms with van der Waals surface area (Å²) in [6.07, 6.45) is 4.91. The summed E-state index contributed by atoms with van der Waals surface area (Å²) in [7, 11) is 0. The summed E-state index contributed by atoms with van der Waals surface area (Å²) in [5.41, 5.74) is 1.51. The molecule has 1 atom stereocenters. The van der Waals surface area contributed by atoms with E-state index in [-0.39, 0.29) is 0 Å². The van der Waals surface area contributed by atoms with E-state index < -0.39 is 6.10 Å². The lowest BCUT2D eigenvalue weighted by atomic mass is 10.2. The van der Waals surface area contributed by atoms with E-state index in [9.17, 15) is 5.11 Å². The molecule has 0 fully saturated rings. The summed E-state index contributed by atoms with van der Waals surface area (Å²) in [5, 5.41) is 13.5. The average molecular weight is 204 g/mol. The maximum absolute atomic E-state index is 9.55. The number of aliphatic hydroxyl groups is 1. The Morgan fingerprint density at radius 1 is 1.47 bits per heavy atom. The molecule has 0 bridgehead atoms. The van der Waals surface area contributed by atoms with Crippen LogP contribution in [0.3, 0.4) is 0 Å². The van der Waals surface area contributed by atoms with Gasteiger partial charge < -0.3 is 5.11 Å². The molecule has 0 amide bonds. The molecule has 0 spiro atoms. The summed E-state index contributed by atoms with van der Waals surface area (Å²) in [6.45, 7) is 1.91. The molecule has 2 rings (SSSR count). The van der Waals surface area contributed by atoms with Crippen molar-refractivity contribution in [2.75, 3.05) is 0 Å². The van der Waals surface area contributed by atoms with Crippen LogP contribution in [-0.4, -0.2) is 24.9 Å². The lowest BCUT2D eigenvalue weighted by Gasteiger charge is -2.07. The third kappa shape index (κ3) is 2.02. The molecule has 0 unspecified atom stereocenters. The number of pyridine rings is 1. The normalized spacial score (nSPS) is 12.7. The quantitative estimate of drug-likeness (QED) is 0.813. The van der Waals surface area contributed by atoms with Crippen molar-refractivity contribution in [2.24, 2.45) is 0 Å². The van der Waals surface area contributed by atoms with E-state index in [1.807, 2.05) is 13.0 Å². The Morgan fingerprint density at radius 2 is 2.33 bits per heavy atom. The highest BCUT2D eigenvalue weighted by Gasteiger charge is 2.06. The minimum Gasteiger partial charge on any atom is -0.387 e. The van der Waals surface area contributed by atoms with Crippen LogP contribution in [0.4, 0.5) is 0 Å². The molecule has 15 heavy (non-hydrogen) atoms. The van der Waals surface area contributed by atoms with Crippen LogP contribution in [0.15, 0.2) is 31.0 Å². The standard InChI is InChI=1S/C10H12N4O/c1-2-10(15)9-4-3-8(5-12-9)14-7-11-6-13-14/h3-7,10,15H,2H2,1H3/t10-/m0/s1. The van der Waals surface area contributed by atoms with Gasteiger partial charge >= 0.3 is 0 Å². The van der Waals surface area contributed by atoms with Crippen molar-refractivity contribution >= 4 is 0 Å². The molecule has 0 aliphatic rings. The maximum Gasteiger partial charge on any atom is 0.138 e. The van der Waals surface area contributed by atoms with E-state index in [2.05, 4.69) is 15.1 Å². The lowest BCUT2D eigenvalue weighted by Crippen LogP contribution is -2.01. The van der Waals surface area contributed by atoms with E-state index in [0.29, 0.717) is 12.1 Å². The molecule has 5 heteroatoms. The van der Waals surface area contributed by atoms with Gasteiger partial charge in [0.25, 0.3) is 0 Å². The Balaban J connectivity index is 2.25. The van der Waals surface area contributed by atoms with Crippen LogP contribution in [0.2, 0.25) is 0 Å². The molecule has 0 aliphatic carbocycles. The van der Waals surface area contributed by atoms with Crippen molar-refractivity contribution in [1.82, 2.24) is 19.7 Å². The first kappa shape index (κ1) is 9.79. The summed E-state index contributed by atoms with van der Waals surface area (Å²) in [5.74, 6) is 0. The van der Waals surface area contributed by atoms with Gasteiger partial charge in [0.05, 0.1) is 23.7 Å². The molecule has 0 saturated carbocycles. The van der Waals surface area contributed by atoms with E-state index in [0.717, 1.165) is 5.69 Å². The summed E-state index contributed by atoms with van der Waals surface area (Å²) >= 11 is 0. The van der Waals surface area contributed by atoms with Crippen LogP contribution in [0.5, 0.6) is 0 Å². The van der Waals surface area contributed by atoms with Crippen LogP contribution in [0, 0.1) is 0 Å². The monoisotopic (exact) mass is 204 g/mol. The Kier molecular flexibility index (Phi) is 2.73. The van der Waals surface area contributed by atoms with Gasteiger partial charge in [-0.15, -0.1) is 0 Å². The van der Waals surface area contributed by atoms with Crippen molar-refractivity contribution in [3.8, 4) is 5.69 Å². The predicted molar refractivity (Wildman–Crippen MR) is 54.4 cm³/mol. The molecule has 0 aromatic carbocycles. The first-order valence-electron chi connectivity index (χ1n) is 4.80. The molecule has 2 heterocycles. The first-order chi connectivity index (χ1) is 7.31. The fourth-order valence-corrected chi connectivity index (χ4v) is 1.28. The number of hydrogen-bond acceptors (Lipinski definition) is 4. The van der Waals surface area contributed by atoms with Crippen molar-refractivity contribution in [3.63, 3.8) is 0 Å². The van der Waals surface area contributed by atoms with E-state index >= 15 is 0 Å². The Labute approximate surface area is 87.4 Å². The van der Waals surface area contributed by atoms with Crippen molar-refractivity contribution in [1.29, 1.82) is 0 Å². The van der Waals surface area contributed by atoms with E-state index in [4.69, 9.17) is 0 Å². The third-order valence-electron chi connectivity index (χ3n) is 2.18. The summed E-state index contributed by atoms with van der Waals surface area (Å²) in [6, 6.07) is 3.65. The largest absolute Gasteiger partial charge is 0.387 e. The van der Waals surface area contributed by atoms with Crippen LogP contribution in [0.25, 0.3) is 5.69 Å². The molecular formula is C10H12N4O. The molecule has 78 valence electrons. The molecule has 1 N–H and O–H groups in total. The third-order valence-corrected chi connectivity index (χ3v) is 2.18. The maximum atomic E-state index is 9.55. The zero-order chi connectivity index (χ0) is 10.7. The van der Waals surface area contributed by atoms with Gasteiger partial charge in [-0.05, 0) is 18.6 Å². The first-order valence-corrected chi connectivity index (χ1v) is 4.80. The number of nitrogens with zero attached hydrogens (tertiary/aromatic N) is 4. The van der Waals surface area contributed by atoms with Crippen LogP contribution < -0.4 is 0 Å². The second kappa shape index (κ2) is 4.18. The van der Waals surface area contributed by atoms with Gasteiger partial charge in [-0.25, -0.2) is 9.67 Å². The summed E-state index contributed by atoms with van der Waals surface area (Å²) in [4.78, 5) is 8.01. The fourth-order valence-electron chi connectivity index (χ4n) is 1.28. The molecule has 5 nitrogen and oxygen atoms in total. The van der Waals surface area contributed by atoms with E-state index in [1.54, 1.807) is 23.3 Å². The highest BCUT2D eigenvalue weighted by molar-refractivity contribution is 5.28. The van der Waals surface area contributed by atoms with Gasteiger partial charge in [-0.3, -0.25) is 4.98 Å². The fraction of sp³-hybridized carbons (Fsp3) is 0.300. The number of aromatic nitrogens is 4. The SMILES string of the molecule is CC[C@H](O)c1ccc(-n2cncn2)cn1. The van der Waals surface area contributed by atoms with Gasteiger partial charge in [0.2, 0.25) is 0 Å². The zero-order valence-electron chi connectivity index (χ0n) is 8.41. The molecule has 0 radical (unpaired) electrons. The predicted octanol–water partition coefficient (Wildman–Crippen LogP) is 1.11. The topological polar surface area (TPSA) is 63.8 Å². The number of rotatable bonds is 3. The second-order valence-electron chi connectivity index (χ2n) is 3.21. The van der Waals surface area contributed by atoms with Crippen molar-refractivity contribution < 1.29 is 5.11 Å². The molecule has 0 aliphatic heterocycles. The zero-order valence-corrected chi connectivity index (χ0v) is 8.41. The van der Waals surface area contributed by atoms with Gasteiger partial charge in [0.15, 0.2) is 0 Å². The number of hydrogen-bond donors (Lipinski definition) is 1. The highest BCUT2D eigenvalue weighted by atomic mass is 16.3. The van der Waals surface area contributed by atoms with Crippen LogP contribution in [-0.2, 0) is 0 Å². The van der Waals surface area contributed by atoms with Gasteiger partial charge in [-0.1, -0.05) is 6.92 Å². The summed E-state index contributed by atoms with van der Waals surface area (Å²) < 4.78 is 1.62. The minimum atomic E-state index is -0.491. The molecule has 0 saturated heterocycles. The van der Waals surface area contributed by atoms with Crippen molar-refractivity contribution in [2.45, 2.75) is 19.4 Å². The second-order valence-corrected chi connectivity index (χ2v) is 3.21. The average Bonchev–Trinajstić information content (AvgIpc) is 2.82. The highest BCUT2D eigenvalue weighted by Crippen LogP contribution is 2.14. The van der Waals surface area contributed by atoms with Crippen molar-refractivity contribution in [3.05, 3.63) is 36.7 Å². The van der Waals surface area contributed by atoms with Gasteiger partial charge in [-0.2, -0.15) is 5.10 Å². The smallest absolute Gasteiger partial charge is 0.138 e. The van der Waals surface area contributed by atoms with Crippen LogP contribution >= 0.6 is 0 Å². The van der Waals surface area contributed by atoms with Gasteiger partial charge in [0.1, 0.15) is 12.7 Å². The molecule has 2 aromatic rings. The number of aliphatic hydroxyl groups excluding tert-OH is 1. The molecular weight excluding hydrogens is 192 g/mol. The Bertz CT molecular complexity index is 409. The molecule has 2 aromatic heterocycles. The van der Waals surface area contributed by atoms with Gasteiger partial charge in [0, 0.05) is 0 Å². The van der Waals surface area contributed by atoms with E-state index in [1.165, 1.54) is 6.33 Å². The Morgan fingerprint density at radius 3 is 2.87 bits per heavy atom. The lowest BCUT2D eigenvalue weighted by molar-refractivity contribution is 0.169. The Hall–Kier alpha value is -1.75. The van der Waals surface area contributed by atoms with Crippen LogP contribution in [0.1, 0.15) is 25.1 Å². The minimum absolute atomic E-state index is 0.491.